The van der Waals surface area contributed by atoms with Crippen molar-refractivity contribution in [3.63, 3.8) is 0 Å². The first-order valence-electron chi connectivity index (χ1n) is 5.36. The van der Waals surface area contributed by atoms with Gasteiger partial charge in [-0.1, -0.05) is 12.1 Å². The number of aliphatic carboxylic acids is 2. The summed E-state index contributed by atoms with van der Waals surface area (Å²) in [6.07, 6.45) is 0.688. The van der Waals surface area contributed by atoms with E-state index in [1.54, 1.807) is 18.2 Å². The number of para-hydroxylation sites is 1. The van der Waals surface area contributed by atoms with Gasteiger partial charge in [-0.15, -0.1) is 0 Å². The first-order valence-corrected chi connectivity index (χ1v) is 5.36. The van der Waals surface area contributed by atoms with E-state index in [-0.39, 0.29) is 5.57 Å². The van der Waals surface area contributed by atoms with Crippen LogP contribution in [0.4, 0.5) is 0 Å². The lowest BCUT2D eigenvalue weighted by atomic mass is 10.1. The molecule has 0 heterocycles. The highest BCUT2D eigenvalue weighted by Crippen LogP contribution is 2.32. The normalized spacial score (nSPS) is 10.9. The number of carboxylic acid groups (broad SMARTS) is 2. The average Bonchev–Trinajstić information content (AvgIpc) is 2.36. The molecule has 0 aliphatic carbocycles. The van der Waals surface area contributed by atoms with Crippen LogP contribution < -0.4 is 9.47 Å². The van der Waals surface area contributed by atoms with Crippen molar-refractivity contribution >= 4 is 18.0 Å². The van der Waals surface area contributed by atoms with Crippen molar-refractivity contribution in [2.45, 2.75) is 6.42 Å². The van der Waals surface area contributed by atoms with Crippen molar-refractivity contribution in [3.8, 4) is 11.5 Å². The van der Waals surface area contributed by atoms with Gasteiger partial charge in [0.1, 0.15) is 0 Å². The van der Waals surface area contributed by atoms with Crippen molar-refractivity contribution in [2.75, 3.05) is 14.2 Å². The topological polar surface area (TPSA) is 93.1 Å². The molecule has 102 valence electrons. The van der Waals surface area contributed by atoms with Gasteiger partial charge in [0.05, 0.1) is 20.6 Å². The zero-order chi connectivity index (χ0) is 14.4. The molecule has 0 saturated heterocycles. The van der Waals surface area contributed by atoms with E-state index in [2.05, 4.69) is 0 Å². The summed E-state index contributed by atoms with van der Waals surface area (Å²) in [5.41, 5.74) is 0.208. The second-order valence-electron chi connectivity index (χ2n) is 3.63. The number of hydrogen-bond donors (Lipinski definition) is 2. The molecule has 0 aliphatic heterocycles. The van der Waals surface area contributed by atoms with Crippen LogP contribution in [-0.2, 0) is 9.59 Å². The van der Waals surface area contributed by atoms with Gasteiger partial charge in [0.25, 0.3) is 0 Å². The molecule has 2 N–H and O–H groups in total. The van der Waals surface area contributed by atoms with Crippen LogP contribution in [-0.4, -0.2) is 36.4 Å². The van der Waals surface area contributed by atoms with E-state index in [0.717, 1.165) is 0 Å². The summed E-state index contributed by atoms with van der Waals surface area (Å²) in [7, 11) is 2.88. The summed E-state index contributed by atoms with van der Waals surface area (Å²) >= 11 is 0. The van der Waals surface area contributed by atoms with Crippen molar-refractivity contribution in [3.05, 3.63) is 29.3 Å². The number of carboxylic acids is 2. The van der Waals surface area contributed by atoms with Crippen molar-refractivity contribution < 1.29 is 29.3 Å². The molecule has 0 saturated carbocycles. The molecule has 0 bridgehead atoms. The Labute approximate surface area is 109 Å². The molecule has 0 radical (unpaired) electrons. The maximum atomic E-state index is 11.0. The van der Waals surface area contributed by atoms with Crippen LogP contribution in [0.5, 0.6) is 11.5 Å². The lowest BCUT2D eigenvalue weighted by Crippen LogP contribution is -2.06. The van der Waals surface area contributed by atoms with Gasteiger partial charge in [0.15, 0.2) is 11.5 Å². The van der Waals surface area contributed by atoms with Crippen molar-refractivity contribution in [2.24, 2.45) is 0 Å². The molecule has 0 atom stereocenters. The van der Waals surface area contributed by atoms with E-state index in [1.807, 2.05) is 0 Å². The number of carbonyl (C=O) groups is 2. The highest BCUT2D eigenvalue weighted by molar-refractivity contribution is 5.97. The average molecular weight is 266 g/mol. The van der Waals surface area contributed by atoms with Gasteiger partial charge in [-0.2, -0.15) is 0 Å². The number of rotatable bonds is 6. The van der Waals surface area contributed by atoms with E-state index >= 15 is 0 Å². The smallest absolute Gasteiger partial charge is 0.332 e. The zero-order valence-corrected chi connectivity index (χ0v) is 10.5. The molecule has 0 amide bonds. The van der Waals surface area contributed by atoms with Gasteiger partial charge in [0, 0.05) is 11.1 Å². The fraction of sp³-hybridized carbons (Fsp3) is 0.231. The van der Waals surface area contributed by atoms with Gasteiger partial charge >= 0.3 is 11.9 Å². The van der Waals surface area contributed by atoms with Crippen LogP contribution in [0.15, 0.2) is 23.8 Å². The Hall–Kier alpha value is -2.50. The van der Waals surface area contributed by atoms with Gasteiger partial charge in [-0.05, 0) is 12.1 Å². The van der Waals surface area contributed by atoms with Crippen LogP contribution in [0.2, 0.25) is 0 Å². The van der Waals surface area contributed by atoms with Crippen molar-refractivity contribution in [1.29, 1.82) is 0 Å². The lowest BCUT2D eigenvalue weighted by Gasteiger charge is -2.10. The number of hydrogen-bond acceptors (Lipinski definition) is 4. The van der Waals surface area contributed by atoms with Gasteiger partial charge in [-0.3, -0.25) is 4.79 Å². The molecule has 19 heavy (non-hydrogen) atoms. The lowest BCUT2D eigenvalue weighted by molar-refractivity contribution is -0.139. The van der Waals surface area contributed by atoms with Gasteiger partial charge in [-0.25, -0.2) is 4.79 Å². The molecule has 1 rings (SSSR count). The molecule has 1 aromatic rings. The minimum Gasteiger partial charge on any atom is -0.493 e. The highest BCUT2D eigenvalue weighted by atomic mass is 16.5. The summed E-state index contributed by atoms with van der Waals surface area (Å²) in [4.78, 5) is 21.6. The number of benzene rings is 1. The van der Waals surface area contributed by atoms with E-state index in [4.69, 9.17) is 19.7 Å². The Bertz CT molecular complexity index is 518. The number of methoxy groups -OCH3 is 2. The molecule has 1 aromatic carbocycles. The Balaban J connectivity index is 3.27. The zero-order valence-electron chi connectivity index (χ0n) is 10.5. The molecule has 0 spiro atoms. The summed E-state index contributed by atoms with van der Waals surface area (Å²) in [6.45, 7) is 0. The summed E-state index contributed by atoms with van der Waals surface area (Å²) in [6, 6.07) is 4.94. The van der Waals surface area contributed by atoms with Crippen LogP contribution in [0.25, 0.3) is 6.08 Å². The second kappa shape index (κ2) is 6.44. The third kappa shape index (κ3) is 3.74. The molecule has 0 unspecified atom stereocenters. The summed E-state index contributed by atoms with van der Waals surface area (Å²) < 4.78 is 10.2. The van der Waals surface area contributed by atoms with Gasteiger partial charge in [0.2, 0.25) is 0 Å². The quantitative estimate of drug-likeness (QED) is 0.760. The predicted molar refractivity (Wildman–Crippen MR) is 67.4 cm³/mol. The van der Waals surface area contributed by atoms with Crippen LogP contribution in [0.1, 0.15) is 12.0 Å². The first-order chi connectivity index (χ1) is 8.99. The molecular weight excluding hydrogens is 252 g/mol. The Kier molecular flexibility index (Phi) is 4.93. The largest absolute Gasteiger partial charge is 0.493 e. The maximum absolute atomic E-state index is 11.0. The fourth-order valence-corrected chi connectivity index (χ4v) is 1.56. The van der Waals surface area contributed by atoms with Crippen LogP contribution in [0.3, 0.4) is 0 Å². The Morgan fingerprint density at radius 3 is 2.37 bits per heavy atom. The molecule has 0 aromatic heterocycles. The van der Waals surface area contributed by atoms with E-state index in [9.17, 15) is 9.59 Å². The van der Waals surface area contributed by atoms with Gasteiger partial charge < -0.3 is 19.7 Å². The third-order valence-corrected chi connectivity index (χ3v) is 2.38. The molecular formula is C13H14O6. The molecule has 6 heteroatoms. The van der Waals surface area contributed by atoms with Crippen LogP contribution in [0, 0.1) is 0 Å². The number of ether oxygens (including phenoxy) is 2. The second-order valence-corrected chi connectivity index (χ2v) is 3.63. The highest BCUT2D eigenvalue weighted by Gasteiger charge is 2.14. The predicted octanol–water partition coefficient (Wildman–Crippen LogP) is 1.65. The van der Waals surface area contributed by atoms with Crippen molar-refractivity contribution in [1.82, 2.24) is 0 Å². The van der Waals surface area contributed by atoms with E-state index in [1.165, 1.54) is 20.3 Å². The molecule has 6 nitrogen and oxygen atoms in total. The first kappa shape index (κ1) is 14.6. The SMILES string of the molecule is COc1cccc(C=C(CC(=O)O)C(=O)O)c1OC. The van der Waals surface area contributed by atoms with Crippen LogP contribution >= 0.6 is 0 Å². The van der Waals surface area contributed by atoms with E-state index < -0.39 is 18.4 Å². The monoisotopic (exact) mass is 266 g/mol. The Morgan fingerprint density at radius 2 is 1.89 bits per heavy atom. The minimum absolute atomic E-state index is 0.237. The third-order valence-electron chi connectivity index (χ3n) is 2.38. The Morgan fingerprint density at radius 1 is 1.21 bits per heavy atom. The summed E-state index contributed by atoms with van der Waals surface area (Å²) in [5, 5.41) is 17.6. The minimum atomic E-state index is -1.28. The maximum Gasteiger partial charge on any atom is 0.332 e. The molecule has 0 aliphatic rings. The molecule has 0 fully saturated rings. The summed E-state index contributed by atoms with van der Waals surface area (Å²) in [5.74, 6) is -1.70. The fourth-order valence-electron chi connectivity index (χ4n) is 1.56. The standard InChI is InChI=1S/C13H14O6/c1-18-10-5-3-4-8(12(10)19-2)6-9(13(16)17)7-11(14)15/h3-6H,7H2,1-2H3,(H,14,15)(H,16,17). The van der Waals surface area contributed by atoms with E-state index in [0.29, 0.717) is 17.1 Å².